The van der Waals surface area contributed by atoms with E-state index in [0.29, 0.717) is 5.92 Å². The lowest BCUT2D eigenvalue weighted by Crippen LogP contribution is -2.19. The molecule has 108 valence electrons. The van der Waals surface area contributed by atoms with Crippen LogP contribution >= 0.6 is 0 Å². The number of ether oxygens (including phenoxy) is 1. The van der Waals surface area contributed by atoms with Gasteiger partial charge in [-0.3, -0.25) is 4.79 Å². The van der Waals surface area contributed by atoms with Crippen molar-refractivity contribution in [3.63, 3.8) is 0 Å². The summed E-state index contributed by atoms with van der Waals surface area (Å²) in [4.78, 5) is 11.2. The van der Waals surface area contributed by atoms with Crippen LogP contribution in [0.5, 0.6) is 0 Å². The molecule has 20 heavy (non-hydrogen) atoms. The Morgan fingerprint density at radius 1 is 1.40 bits per heavy atom. The maximum Gasteiger partial charge on any atom is 0.303 e. The van der Waals surface area contributed by atoms with E-state index in [1.165, 1.54) is 24.0 Å². The van der Waals surface area contributed by atoms with Crippen LogP contribution < -0.4 is 0 Å². The Labute approximate surface area is 120 Å². The van der Waals surface area contributed by atoms with Gasteiger partial charge in [-0.1, -0.05) is 24.3 Å². The molecule has 0 spiro atoms. The van der Waals surface area contributed by atoms with Crippen molar-refractivity contribution in [1.82, 2.24) is 0 Å². The summed E-state index contributed by atoms with van der Waals surface area (Å²) in [5.74, 6) is 0.0527. The van der Waals surface area contributed by atoms with Crippen LogP contribution in [0.1, 0.15) is 49.1 Å². The zero-order valence-electron chi connectivity index (χ0n) is 12.0. The van der Waals surface area contributed by atoms with Gasteiger partial charge in [0.2, 0.25) is 0 Å². The molecule has 2 fully saturated rings. The number of hydrogen-bond acceptors (Lipinski definition) is 2. The van der Waals surface area contributed by atoms with E-state index in [0.717, 1.165) is 19.4 Å². The molecule has 1 aromatic carbocycles. The predicted molar refractivity (Wildman–Crippen MR) is 76.9 cm³/mol. The third-order valence-electron chi connectivity index (χ3n) is 4.79. The van der Waals surface area contributed by atoms with Crippen LogP contribution in [0, 0.1) is 5.92 Å². The highest BCUT2D eigenvalue weighted by Crippen LogP contribution is 2.53. The van der Waals surface area contributed by atoms with Crippen molar-refractivity contribution in [1.29, 1.82) is 0 Å². The monoisotopic (exact) mass is 274 g/mol. The number of carboxylic acids is 1. The Morgan fingerprint density at radius 3 is 2.65 bits per heavy atom. The van der Waals surface area contributed by atoms with Crippen molar-refractivity contribution >= 4 is 5.97 Å². The minimum absolute atomic E-state index is 0.150. The first-order valence-electron chi connectivity index (χ1n) is 7.46. The van der Waals surface area contributed by atoms with Crippen molar-refractivity contribution in [2.24, 2.45) is 5.92 Å². The van der Waals surface area contributed by atoms with Crippen molar-refractivity contribution in [3.8, 4) is 0 Å². The largest absolute Gasteiger partial charge is 0.481 e. The molecular weight excluding hydrogens is 252 g/mol. The summed E-state index contributed by atoms with van der Waals surface area (Å²) in [6, 6.07) is 8.42. The van der Waals surface area contributed by atoms with Crippen LogP contribution in [0.2, 0.25) is 0 Å². The quantitative estimate of drug-likeness (QED) is 0.829. The average Bonchev–Trinajstić information content (AvgIpc) is 3.31. The van der Waals surface area contributed by atoms with E-state index in [9.17, 15) is 9.90 Å². The molecule has 3 rings (SSSR count). The fraction of sp³-hybridized carbons (Fsp3) is 0.588. The molecule has 1 atom stereocenters. The SMILES string of the molecule is COCC1(c2ccccc2C(CC(=O)O)C2CC2)CC1. The van der Waals surface area contributed by atoms with Crippen LogP contribution in [0.3, 0.4) is 0 Å². The fourth-order valence-electron chi connectivity index (χ4n) is 3.44. The Bertz CT molecular complexity index is 501. The summed E-state index contributed by atoms with van der Waals surface area (Å²) in [6.07, 6.45) is 4.91. The smallest absolute Gasteiger partial charge is 0.303 e. The highest BCUT2D eigenvalue weighted by Gasteiger charge is 2.47. The molecule has 2 aliphatic carbocycles. The van der Waals surface area contributed by atoms with E-state index < -0.39 is 5.97 Å². The van der Waals surface area contributed by atoms with Crippen LogP contribution in [0.15, 0.2) is 24.3 Å². The first-order chi connectivity index (χ1) is 9.66. The minimum Gasteiger partial charge on any atom is -0.481 e. The second-order valence-corrected chi connectivity index (χ2v) is 6.34. The Balaban J connectivity index is 1.94. The van der Waals surface area contributed by atoms with Crippen LogP contribution in [-0.4, -0.2) is 24.8 Å². The number of carbonyl (C=O) groups is 1. The molecule has 1 unspecified atom stereocenters. The first-order valence-corrected chi connectivity index (χ1v) is 7.46. The predicted octanol–water partition coefficient (Wildman–Crippen LogP) is 3.33. The topological polar surface area (TPSA) is 46.5 Å². The van der Waals surface area contributed by atoms with Crippen LogP contribution in [0.4, 0.5) is 0 Å². The summed E-state index contributed by atoms with van der Waals surface area (Å²) < 4.78 is 5.40. The molecular formula is C17H22O3. The van der Waals surface area contributed by atoms with E-state index in [1.54, 1.807) is 7.11 Å². The summed E-state index contributed by atoms with van der Waals surface area (Å²) in [7, 11) is 1.75. The molecule has 0 radical (unpaired) electrons. The first kappa shape index (κ1) is 13.6. The van der Waals surface area contributed by atoms with Crippen LogP contribution in [-0.2, 0) is 14.9 Å². The van der Waals surface area contributed by atoms with Gasteiger partial charge in [-0.25, -0.2) is 0 Å². The van der Waals surface area contributed by atoms with E-state index in [-0.39, 0.29) is 17.8 Å². The summed E-state index contributed by atoms with van der Waals surface area (Å²) in [6.45, 7) is 0.745. The number of hydrogen-bond donors (Lipinski definition) is 1. The Hall–Kier alpha value is -1.35. The van der Waals surface area contributed by atoms with E-state index in [1.807, 2.05) is 6.07 Å². The van der Waals surface area contributed by atoms with Crippen molar-refractivity contribution < 1.29 is 14.6 Å². The van der Waals surface area contributed by atoms with Crippen molar-refractivity contribution in [2.45, 2.75) is 43.4 Å². The number of benzene rings is 1. The molecule has 2 aliphatic rings. The third kappa shape index (κ3) is 2.59. The highest BCUT2D eigenvalue weighted by molar-refractivity contribution is 5.68. The van der Waals surface area contributed by atoms with Gasteiger partial charge in [0.1, 0.15) is 0 Å². The lowest BCUT2D eigenvalue weighted by molar-refractivity contribution is -0.137. The van der Waals surface area contributed by atoms with Gasteiger partial charge in [-0.2, -0.15) is 0 Å². The molecule has 0 aliphatic heterocycles. The molecule has 3 heteroatoms. The minimum atomic E-state index is -0.687. The fourth-order valence-corrected chi connectivity index (χ4v) is 3.44. The van der Waals surface area contributed by atoms with Gasteiger partial charge in [0.25, 0.3) is 0 Å². The van der Waals surface area contributed by atoms with Crippen molar-refractivity contribution in [2.75, 3.05) is 13.7 Å². The molecule has 2 saturated carbocycles. The molecule has 0 bridgehead atoms. The number of rotatable bonds is 7. The van der Waals surface area contributed by atoms with Gasteiger partial charge >= 0.3 is 5.97 Å². The van der Waals surface area contributed by atoms with E-state index in [2.05, 4.69) is 18.2 Å². The molecule has 0 aromatic heterocycles. The molecule has 0 amide bonds. The van der Waals surface area contributed by atoms with Crippen LogP contribution in [0.25, 0.3) is 0 Å². The second kappa shape index (κ2) is 5.21. The van der Waals surface area contributed by atoms with E-state index in [4.69, 9.17) is 4.74 Å². The third-order valence-corrected chi connectivity index (χ3v) is 4.79. The molecule has 1 aromatic rings. The standard InChI is InChI=1S/C17H22O3/c1-20-11-17(8-9-17)15-5-3-2-4-13(15)14(10-16(18)19)12-6-7-12/h2-5,12,14H,6-11H2,1H3,(H,18,19). The van der Waals surface area contributed by atoms with Gasteiger partial charge in [0.15, 0.2) is 0 Å². The van der Waals surface area contributed by atoms with Crippen molar-refractivity contribution in [3.05, 3.63) is 35.4 Å². The normalized spacial score (nSPS) is 21.4. The molecule has 3 nitrogen and oxygen atoms in total. The maximum absolute atomic E-state index is 11.2. The lowest BCUT2D eigenvalue weighted by Gasteiger charge is -2.24. The van der Waals surface area contributed by atoms with Gasteiger partial charge in [-0.15, -0.1) is 0 Å². The zero-order valence-corrected chi connectivity index (χ0v) is 12.0. The number of carboxylic acid groups (broad SMARTS) is 1. The number of aliphatic carboxylic acids is 1. The molecule has 1 N–H and O–H groups in total. The molecule has 0 heterocycles. The van der Waals surface area contributed by atoms with Gasteiger partial charge < -0.3 is 9.84 Å². The summed E-state index contributed by atoms with van der Waals surface area (Å²) >= 11 is 0. The summed E-state index contributed by atoms with van der Waals surface area (Å²) in [5.41, 5.74) is 2.74. The summed E-state index contributed by atoms with van der Waals surface area (Å²) in [5, 5.41) is 9.21. The average molecular weight is 274 g/mol. The van der Waals surface area contributed by atoms with E-state index >= 15 is 0 Å². The van der Waals surface area contributed by atoms with Gasteiger partial charge in [0.05, 0.1) is 13.0 Å². The highest BCUT2D eigenvalue weighted by atomic mass is 16.5. The van der Waals surface area contributed by atoms with Gasteiger partial charge in [0, 0.05) is 12.5 Å². The zero-order chi connectivity index (χ0) is 14.2. The van der Waals surface area contributed by atoms with Gasteiger partial charge in [-0.05, 0) is 48.6 Å². The maximum atomic E-state index is 11.2. The number of methoxy groups -OCH3 is 1. The molecule has 0 saturated heterocycles. The lowest BCUT2D eigenvalue weighted by atomic mass is 9.82. The Morgan fingerprint density at radius 2 is 2.10 bits per heavy atom. The second-order valence-electron chi connectivity index (χ2n) is 6.34. The Kier molecular flexibility index (Phi) is 3.55.